The number of benzene rings is 2. The van der Waals surface area contributed by atoms with Gasteiger partial charge in [0.25, 0.3) is 0 Å². The Morgan fingerprint density at radius 3 is 2.50 bits per heavy atom. The summed E-state index contributed by atoms with van der Waals surface area (Å²) < 4.78 is 0. The van der Waals surface area contributed by atoms with Gasteiger partial charge in [0.1, 0.15) is 11.5 Å². The topological polar surface area (TPSA) is 76.7 Å². The molecule has 7 heteroatoms. The summed E-state index contributed by atoms with van der Waals surface area (Å²) >= 11 is 0. The first-order chi connectivity index (χ1) is 15.6. The Balaban J connectivity index is 1.37. The highest BCUT2D eigenvalue weighted by molar-refractivity contribution is 5.88. The number of imidazole rings is 2. The largest absolute Gasteiger partial charge is 0.369 e. The second-order valence-electron chi connectivity index (χ2n) is 8.57. The highest BCUT2D eigenvalue weighted by atomic mass is 15.2. The van der Waals surface area contributed by atoms with Crippen molar-refractivity contribution in [3.8, 4) is 22.9 Å². The summed E-state index contributed by atoms with van der Waals surface area (Å²) in [4.78, 5) is 25.8. The molecular weight excluding hydrogens is 398 g/mol. The van der Waals surface area contributed by atoms with Gasteiger partial charge in [-0.3, -0.25) is 4.98 Å². The average molecular weight is 424 g/mol. The predicted molar refractivity (Wildman–Crippen MR) is 129 cm³/mol. The first-order valence-corrected chi connectivity index (χ1v) is 11.0. The maximum absolute atomic E-state index is 4.87. The zero-order valence-corrected chi connectivity index (χ0v) is 18.3. The summed E-state index contributed by atoms with van der Waals surface area (Å²) in [7, 11) is 2.18. The number of anilines is 1. The fourth-order valence-electron chi connectivity index (χ4n) is 4.45. The molecule has 0 bridgehead atoms. The number of nitrogens with one attached hydrogen (secondary N) is 2. The normalized spacial score (nSPS) is 15.1. The van der Waals surface area contributed by atoms with E-state index in [0.29, 0.717) is 0 Å². The van der Waals surface area contributed by atoms with E-state index in [1.165, 1.54) is 5.69 Å². The Bertz CT molecular complexity index is 1410. The van der Waals surface area contributed by atoms with Crippen LogP contribution in [0.3, 0.4) is 0 Å². The van der Waals surface area contributed by atoms with E-state index >= 15 is 0 Å². The van der Waals surface area contributed by atoms with Gasteiger partial charge >= 0.3 is 0 Å². The zero-order chi connectivity index (χ0) is 21.7. The maximum Gasteiger partial charge on any atom is 0.157 e. The van der Waals surface area contributed by atoms with E-state index in [-0.39, 0.29) is 0 Å². The molecule has 5 aromatic rings. The number of aryl methyl sites for hydroxylation is 1. The fourth-order valence-corrected chi connectivity index (χ4v) is 4.45. The van der Waals surface area contributed by atoms with Gasteiger partial charge in [-0.1, -0.05) is 6.07 Å². The summed E-state index contributed by atoms with van der Waals surface area (Å²) in [5.41, 5.74) is 8.23. The molecule has 0 aliphatic carbocycles. The van der Waals surface area contributed by atoms with Crippen molar-refractivity contribution in [2.75, 3.05) is 38.1 Å². The summed E-state index contributed by atoms with van der Waals surface area (Å²) in [5.74, 6) is 1.65. The maximum atomic E-state index is 4.87. The summed E-state index contributed by atoms with van der Waals surface area (Å²) in [6, 6.07) is 16.6. The second-order valence-corrected chi connectivity index (χ2v) is 8.57. The van der Waals surface area contributed by atoms with Crippen LogP contribution in [-0.4, -0.2) is 63.0 Å². The van der Waals surface area contributed by atoms with E-state index in [1.807, 2.05) is 18.2 Å². The minimum atomic E-state index is 0.780. The smallest absolute Gasteiger partial charge is 0.157 e. The number of fused-ring (bicyclic) bond motifs is 2. The molecule has 2 N–H and O–H groups in total. The van der Waals surface area contributed by atoms with Crippen LogP contribution >= 0.6 is 0 Å². The van der Waals surface area contributed by atoms with Crippen molar-refractivity contribution in [1.82, 2.24) is 29.8 Å². The van der Waals surface area contributed by atoms with E-state index in [2.05, 4.69) is 69.1 Å². The van der Waals surface area contributed by atoms with E-state index in [9.17, 15) is 0 Å². The molecule has 0 atom stereocenters. The van der Waals surface area contributed by atoms with Crippen molar-refractivity contribution >= 4 is 27.8 Å². The molecule has 160 valence electrons. The Morgan fingerprint density at radius 1 is 0.844 bits per heavy atom. The van der Waals surface area contributed by atoms with Gasteiger partial charge in [0.15, 0.2) is 5.82 Å². The third kappa shape index (κ3) is 3.31. The minimum Gasteiger partial charge on any atom is -0.369 e. The lowest BCUT2D eigenvalue weighted by Gasteiger charge is -2.34. The van der Waals surface area contributed by atoms with Gasteiger partial charge in [0.05, 0.1) is 22.1 Å². The summed E-state index contributed by atoms with van der Waals surface area (Å²) in [6.07, 6.45) is 1.78. The molecule has 2 aromatic carbocycles. The van der Waals surface area contributed by atoms with Crippen LogP contribution in [0.4, 0.5) is 5.69 Å². The van der Waals surface area contributed by atoms with Crippen molar-refractivity contribution in [3.05, 3.63) is 60.3 Å². The molecule has 1 aliphatic rings. The first kappa shape index (κ1) is 19.0. The van der Waals surface area contributed by atoms with Crippen molar-refractivity contribution in [3.63, 3.8) is 0 Å². The standard InChI is InChI=1S/C25H25N7/c1-16-13-17(14-22-23(16)30-25(29-22)20-5-3-4-8-26-20)24-27-19-7-6-18(15-21(19)28-24)32-11-9-31(2)10-12-32/h3-8,13-15H,9-12H2,1-2H3,(H,27,28)(H,29,30). The monoisotopic (exact) mass is 423 g/mol. The Morgan fingerprint density at radius 2 is 1.69 bits per heavy atom. The van der Waals surface area contributed by atoms with Crippen LogP contribution < -0.4 is 4.90 Å². The predicted octanol–water partition coefficient (Wildman–Crippen LogP) is 4.23. The Hall–Kier alpha value is -3.71. The number of aromatic amines is 2. The van der Waals surface area contributed by atoms with Gasteiger partial charge in [-0.2, -0.15) is 0 Å². The summed E-state index contributed by atoms with van der Waals surface area (Å²) in [6.45, 7) is 6.38. The van der Waals surface area contributed by atoms with Crippen LogP contribution in [0.1, 0.15) is 5.56 Å². The second kappa shape index (κ2) is 7.46. The molecule has 1 saturated heterocycles. The summed E-state index contributed by atoms with van der Waals surface area (Å²) in [5, 5.41) is 0. The van der Waals surface area contributed by atoms with Gasteiger partial charge in [-0.05, 0) is 62.0 Å². The van der Waals surface area contributed by atoms with Crippen LogP contribution in [0.25, 0.3) is 45.0 Å². The quantitative estimate of drug-likeness (QED) is 0.454. The zero-order valence-electron chi connectivity index (χ0n) is 18.3. The van der Waals surface area contributed by atoms with Gasteiger partial charge in [0, 0.05) is 43.6 Å². The first-order valence-electron chi connectivity index (χ1n) is 11.0. The minimum absolute atomic E-state index is 0.780. The van der Waals surface area contributed by atoms with Crippen molar-refractivity contribution < 1.29 is 0 Å². The molecule has 6 rings (SSSR count). The molecule has 7 nitrogen and oxygen atoms in total. The Labute approximate surface area is 186 Å². The van der Waals surface area contributed by atoms with Gasteiger partial charge in [0.2, 0.25) is 0 Å². The van der Waals surface area contributed by atoms with E-state index in [0.717, 1.165) is 76.7 Å². The molecular formula is C25H25N7. The van der Waals surface area contributed by atoms with E-state index in [4.69, 9.17) is 9.97 Å². The van der Waals surface area contributed by atoms with Gasteiger partial charge in [-0.15, -0.1) is 0 Å². The lowest BCUT2D eigenvalue weighted by Crippen LogP contribution is -2.44. The number of pyridine rings is 1. The van der Waals surface area contributed by atoms with Gasteiger partial charge in [-0.25, -0.2) is 9.97 Å². The highest BCUT2D eigenvalue weighted by Crippen LogP contribution is 2.29. The number of aromatic nitrogens is 5. The Kier molecular flexibility index (Phi) is 4.43. The van der Waals surface area contributed by atoms with Crippen molar-refractivity contribution in [2.45, 2.75) is 6.92 Å². The number of likely N-dealkylation sites (N-methyl/N-ethyl adjacent to an activating group) is 1. The molecule has 32 heavy (non-hydrogen) atoms. The SMILES string of the molecule is Cc1cc(-c2nc3ccc(N4CCN(C)CC4)cc3[nH]2)cc2[nH]c(-c3ccccn3)nc12. The van der Waals surface area contributed by atoms with Crippen LogP contribution in [0.15, 0.2) is 54.7 Å². The van der Waals surface area contributed by atoms with Crippen LogP contribution in [-0.2, 0) is 0 Å². The third-order valence-corrected chi connectivity index (χ3v) is 6.29. The number of rotatable bonds is 3. The molecule has 0 unspecified atom stereocenters. The van der Waals surface area contributed by atoms with Crippen LogP contribution in [0.5, 0.6) is 0 Å². The molecule has 1 fully saturated rings. The molecule has 3 aromatic heterocycles. The molecule has 0 amide bonds. The number of hydrogen-bond acceptors (Lipinski definition) is 5. The van der Waals surface area contributed by atoms with E-state index < -0.39 is 0 Å². The van der Waals surface area contributed by atoms with E-state index in [1.54, 1.807) is 6.20 Å². The molecule has 4 heterocycles. The highest BCUT2D eigenvalue weighted by Gasteiger charge is 2.16. The molecule has 1 aliphatic heterocycles. The number of piperazine rings is 1. The number of nitrogens with zero attached hydrogens (tertiary/aromatic N) is 5. The van der Waals surface area contributed by atoms with Crippen LogP contribution in [0, 0.1) is 6.92 Å². The third-order valence-electron chi connectivity index (χ3n) is 6.29. The fraction of sp³-hybridized carbons (Fsp3) is 0.240. The van der Waals surface area contributed by atoms with Crippen molar-refractivity contribution in [1.29, 1.82) is 0 Å². The van der Waals surface area contributed by atoms with Crippen molar-refractivity contribution in [2.24, 2.45) is 0 Å². The lowest BCUT2D eigenvalue weighted by atomic mass is 10.1. The van der Waals surface area contributed by atoms with Crippen LogP contribution in [0.2, 0.25) is 0 Å². The molecule has 0 saturated carbocycles. The number of H-pyrrole nitrogens is 2. The number of hydrogen-bond donors (Lipinski definition) is 2. The molecule has 0 spiro atoms. The molecule has 0 radical (unpaired) electrons. The lowest BCUT2D eigenvalue weighted by molar-refractivity contribution is 0.313. The van der Waals surface area contributed by atoms with Gasteiger partial charge < -0.3 is 19.8 Å². The average Bonchev–Trinajstić information content (AvgIpc) is 3.44.